The Hall–Kier alpha value is -2.12. The third-order valence-electron chi connectivity index (χ3n) is 3.99. The minimum Gasteiger partial charge on any atom is -0.382 e. The van der Waals surface area contributed by atoms with Gasteiger partial charge in [0.05, 0.1) is 19.8 Å². The summed E-state index contributed by atoms with van der Waals surface area (Å²) in [6, 6.07) is 7.60. The smallest absolute Gasteiger partial charge is 0.251 e. The zero-order chi connectivity index (χ0) is 20.5. The highest BCUT2D eigenvalue weighted by Crippen LogP contribution is 2.06. The van der Waals surface area contributed by atoms with Gasteiger partial charge in [0, 0.05) is 38.9 Å². The molecule has 28 heavy (non-hydrogen) atoms. The van der Waals surface area contributed by atoms with E-state index in [0.29, 0.717) is 31.9 Å². The van der Waals surface area contributed by atoms with E-state index < -0.39 is 0 Å². The fourth-order valence-corrected chi connectivity index (χ4v) is 2.38. The van der Waals surface area contributed by atoms with Crippen LogP contribution < -0.4 is 16.0 Å². The fourth-order valence-electron chi connectivity index (χ4n) is 2.38. The average molecular weight is 393 g/mol. The van der Waals surface area contributed by atoms with E-state index >= 15 is 0 Å². The summed E-state index contributed by atoms with van der Waals surface area (Å²) < 4.78 is 10.4. The third-order valence-corrected chi connectivity index (χ3v) is 3.99. The zero-order valence-corrected chi connectivity index (χ0v) is 17.6. The molecule has 7 nitrogen and oxygen atoms in total. The number of guanidine groups is 1. The molecule has 158 valence electrons. The van der Waals surface area contributed by atoms with E-state index in [9.17, 15) is 4.79 Å². The number of nitrogens with zero attached hydrogens (tertiary/aromatic N) is 1. The molecule has 1 aromatic carbocycles. The van der Waals surface area contributed by atoms with Gasteiger partial charge < -0.3 is 25.4 Å². The van der Waals surface area contributed by atoms with Gasteiger partial charge >= 0.3 is 0 Å². The van der Waals surface area contributed by atoms with Gasteiger partial charge in [-0.3, -0.25) is 4.79 Å². The minimum absolute atomic E-state index is 0.0220. The third kappa shape index (κ3) is 10.9. The van der Waals surface area contributed by atoms with Crippen LogP contribution in [0.4, 0.5) is 0 Å². The molecular formula is C21H36N4O3. The lowest BCUT2D eigenvalue weighted by atomic mass is 10.1. The lowest BCUT2D eigenvalue weighted by molar-refractivity contribution is 0.0698. The number of nitrogens with one attached hydrogen (secondary N) is 3. The summed E-state index contributed by atoms with van der Waals surface area (Å²) in [5.74, 6) is 0.756. The second-order valence-electron chi connectivity index (χ2n) is 6.39. The van der Waals surface area contributed by atoms with Crippen molar-refractivity contribution in [1.29, 1.82) is 0 Å². The molecule has 7 heteroatoms. The molecule has 1 rings (SSSR count). The van der Waals surface area contributed by atoms with Crippen LogP contribution in [0.3, 0.4) is 0 Å². The van der Waals surface area contributed by atoms with Crippen LogP contribution in [0, 0.1) is 0 Å². The summed E-state index contributed by atoms with van der Waals surface area (Å²) in [5.41, 5.74) is 1.74. The summed E-state index contributed by atoms with van der Waals surface area (Å²) >= 11 is 0. The average Bonchev–Trinajstić information content (AvgIpc) is 2.71. The Labute approximate surface area is 169 Å². The number of unbranched alkanes of at least 4 members (excludes halogenated alkanes) is 1. The Morgan fingerprint density at radius 3 is 2.39 bits per heavy atom. The summed E-state index contributed by atoms with van der Waals surface area (Å²) in [6.45, 7) is 8.94. The van der Waals surface area contributed by atoms with E-state index in [2.05, 4.69) is 27.9 Å². The molecular weight excluding hydrogens is 356 g/mol. The topological polar surface area (TPSA) is 84.0 Å². The molecule has 3 N–H and O–H groups in total. The van der Waals surface area contributed by atoms with Gasteiger partial charge in [0.15, 0.2) is 5.96 Å². The van der Waals surface area contributed by atoms with Crippen LogP contribution in [0.25, 0.3) is 0 Å². The van der Waals surface area contributed by atoms with Crippen LogP contribution in [-0.4, -0.2) is 58.4 Å². The van der Waals surface area contributed by atoms with Crippen molar-refractivity contribution in [1.82, 2.24) is 16.0 Å². The molecule has 1 aromatic rings. The molecule has 0 radical (unpaired) electrons. The maximum atomic E-state index is 12.0. The van der Waals surface area contributed by atoms with E-state index in [0.717, 1.165) is 50.4 Å². The number of methoxy groups -OCH3 is 1. The SMILES string of the molecule is CCCCNC(=O)c1ccc(CN=C(NCC)NCCCOCCOC)cc1. The Balaban J connectivity index is 2.41. The number of ether oxygens (including phenoxy) is 2. The van der Waals surface area contributed by atoms with Gasteiger partial charge in [-0.25, -0.2) is 4.99 Å². The van der Waals surface area contributed by atoms with Crippen LogP contribution in [0.15, 0.2) is 29.3 Å². The minimum atomic E-state index is -0.0220. The number of hydrogen-bond donors (Lipinski definition) is 3. The lowest BCUT2D eigenvalue weighted by Gasteiger charge is -2.11. The Kier molecular flexibility index (Phi) is 13.6. The Morgan fingerprint density at radius 1 is 0.964 bits per heavy atom. The molecule has 0 heterocycles. The van der Waals surface area contributed by atoms with Crippen molar-refractivity contribution < 1.29 is 14.3 Å². The van der Waals surface area contributed by atoms with E-state index in [1.54, 1.807) is 7.11 Å². The highest BCUT2D eigenvalue weighted by molar-refractivity contribution is 5.94. The molecule has 0 fully saturated rings. The summed E-state index contributed by atoms with van der Waals surface area (Å²) in [5, 5.41) is 9.47. The van der Waals surface area contributed by atoms with Crippen molar-refractivity contribution in [3.63, 3.8) is 0 Å². The first kappa shape index (κ1) is 23.9. The summed E-state index contributed by atoms with van der Waals surface area (Å²) in [6.07, 6.45) is 2.97. The number of aliphatic imine (C=N–C) groups is 1. The molecule has 0 saturated carbocycles. The summed E-state index contributed by atoms with van der Waals surface area (Å²) in [7, 11) is 1.67. The van der Waals surface area contributed by atoms with Gasteiger partial charge in [-0.1, -0.05) is 25.5 Å². The predicted molar refractivity (Wildman–Crippen MR) is 114 cm³/mol. The first-order valence-corrected chi connectivity index (χ1v) is 10.2. The number of hydrogen-bond acceptors (Lipinski definition) is 4. The molecule has 0 aliphatic heterocycles. The van der Waals surface area contributed by atoms with Gasteiger partial charge in [-0.2, -0.15) is 0 Å². The highest BCUT2D eigenvalue weighted by atomic mass is 16.5. The van der Waals surface area contributed by atoms with Crippen LogP contribution in [0.2, 0.25) is 0 Å². The van der Waals surface area contributed by atoms with Crippen molar-refractivity contribution in [2.45, 2.75) is 39.7 Å². The molecule has 0 atom stereocenters. The van der Waals surface area contributed by atoms with Crippen LogP contribution >= 0.6 is 0 Å². The van der Waals surface area contributed by atoms with Gasteiger partial charge in [0.2, 0.25) is 0 Å². The van der Waals surface area contributed by atoms with Crippen LogP contribution in [0.5, 0.6) is 0 Å². The molecule has 0 unspecified atom stereocenters. The molecule has 0 aromatic heterocycles. The maximum Gasteiger partial charge on any atom is 0.251 e. The standard InChI is InChI=1S/C21H36N4O3/c1-4-6-12-23-20(26)19-10-8-18(9-11-19)17-25-21(22-5-2)24-13-7-14-28-16-15-27-3/h8-11H,4-7,12-17H2,1-3H3,(H,23,26)(H2,22,24,25). The highest BCUT2D eigenvalue weighted by Gasteiger charge is 2.04. The van der Waals surface area contributed by atoms with Crippen molar-refractivity contribution in [2.24, 2.45) is 4.99 Å². The number of rotatable bonds is 14. The molecule has 0 saturated heterocycles. The van der Waals surface area contributed by atoms with E-state index in [1.807, 2.05) is 31.2 Å². The van der Waals surface area contributed by atoms with Crippen molar-refractivity contribution in [3.05, 3.63) is 35.4 Å². The monoisotopic (exact) mass is 392 g/mol. The fraction of sp³-hybridized carbons (Fsp3) is 0.619. The lowest BCUT2D eigenvalue weighted by Crippen LogP contribution is -2.38. The first-order valence-electron chi connectivity index (χ1n) is 10.2. The van der Waals surface area contributed by atoms with Crippen molar-refractivity contribution in [3.8, 4) is 0 Å². The second-order valence-corrected chi connectivity index (χ2v) is 6.39. The largest absolute Gasteiger partial charge is 0.382 e. The number of carbonyl (C=O) groups excluding carboxylic acids is 1. The van der Waals surface area contributed by atoms with Gasteiger partial charge in [-0.05, 0) is 37.5 Å². The second kappa shape index (κ2) is 15.9. The number of benzene rings is 1. The normalized spacial score (nSPS) is 11.3. The number of carbonyl (C=O) groups is 1. The molecule has 1 amide bonds. The van der Waals surface area contributed by atoms with Gasteiger partial charge in [0.25, 0.3) is 5.91 Å². The number of amides is 1. The van der Waals surface area contributed by atoms with Crippen LogP contribution in [-0.2, 0) is 16.0 Å². The summed E-state index contributed by atoms with van der Waals surface area (Å²) in [4.78, 5) is 16.6. The zero-order valence-electron chi connectivity index (χ0n) is 17.6. The predicted octanol–water partition coefficient (Wildman–Crippen LogP) is 2.32. The van der Waals surface area contributed by atoms with E-state index in [-0.39, 0.29) is 5.91 Å². The maximum absolute atomic E-state index is 12.0. The van der Waals surface area contributed by atoms with Gasteiger partial charge in [-0.15, -0.1) is 0 Å². The molecule has 0 spiro atoms. The quantitative estimate of drug-likeness (QED) is 0.257. The molecule has 0 aliphatic carbocycles. The Morgan fingerprint density at radius 2 is 1.71 bits per heavy atom. The Bertz CT molecular complexity index is 561. The van der Waals surface area contributed by atoms with E-state index in [1.165, 1.54) is 0 Å². The molecule has 0 bridgehead atoms. The first-order chi connectivity index (χ1) is 13.7. The van der Waals surface area contributed by atoms with Crippen molar-refractivity contribution >= 4 is 11.9 Å². The molecule has 0 aliphatic rings. The van der Waals surface area contributed by atoms with Crippen LogP contribution in [0.1, 0.15) is 49.0 Å². The van der Waals surface area contributed by atoms with E-state index in [4.69, 9.17) is 9.47 Å². The van der Waals surface area contributed by atoms with Crippen molar-refractivity contribution in [2.75, 3.05) is 46.6 Å². The van der Waals surface area contributed by atoms with Gasteiger partial charge in [0.1, 0.15) is 0 Å².